The molecule has 11 heteroatoms. The van der Waals surface area contributed by atoms with Gasteiger partial charge in [-0.15, -0.1) is 0 Å². The molecule has 5 rings (SSSR count). The molecule has 0 saturated carbocycles. The highest BCUT2D eigenvalue weighted by molar-refractivity contribution is 7.86. The fourth-order valence-electron chi connectivity index (χ4n) is 3.66. The van der Waals surface area contributed by atoms with Crippen LogP contribution >= 0.6 is 0 Å². The second kappa shape index (κ2) is 7.91. The van der Waals surface area contributed by atoms with Crippen molar-refractivity contribution in [2.24, 2.45) is 0 Å². The molecule has 0 aliphatic carbocycles. The van der Waals surface area contributed by atoms with Gasteiger partial charge in [-0.1, -0.05) is 5.16 Å². The minimum absolute atomic E-state index is 0.195. The van der Waals surface area contributed by atoms with E-state index in [1.807, 2.05) is 23.0 Å². The van der Waals surface area contributed by atoms with Gasteiger partial charge in [-0.05, 0) is 17.7 Å². The van der Waals surface area contributed by atoms with Crippen LogP contribution in [0, 0.1) is 0 Å². The molecule has 1 aromatic carbocycles. The summed E-state index contributed by atoms with van der Waals surface area (Å²) in [5.74, 6) is 1.57. The monoisotopic (exact) mass is 441 g/mol. The molecule has 1 N–H and O–H groups in total. The number of fused-ring (bicyclic) bond motifs is 3. The summed E-state index contributed by atoms with van der Waals surface area (Å²) in [5, 5.41) is 9.02. The third kappa shape index (κ3) is 3.36. The van der Waals surface area contributed by atoms with E-state index in [0.29, 0.717) is 41.4 Å². The van der Waals surface area contributed by atoms with E-state index in [1.165, 1.54) is 20.4 Å². The summed E-state index contributed by atoms with van der Waals surface area (Å²) in [6.45, 7) is 1.15. The highest BCUT2D eigenvalue weighted by Crippen LogP contribution is 2.41. The van der Waals surface area contributed by atoms with Crippen LogP contribution in [-0.4, -0.2) is 45.0 Å². The zero-order valence-electron chi connectivity index (χ0n) is 16.8. The fraction of sp³-hybridized carbons (Fsp3) is 0.250. The van der Waals surface area contributed by atoms with Crippen LogP contribution in [0.15, 0.2) is 46.2 Å². The summed E-state index contributed by atoms with van der Waals surface area (Å²) in [6.07, 6.45) is 5.92. The number of pyridine rings is 1. The minimum Gasteiger partial charge on any atom is -0.495 e. The van der Waals surface area contributed by atoms with Crippen LogP contribution in [0.3, 0.4) is 0 Å². The third-order valence-corrected chi connectivity index (χ3v) is 6.15. The predicted octanol–water partition coefficient (Wildman–Crippen LogP) is 2.55. The number of ether oxygens (including phenoxy) is 3. The maximum atomic E-state index is 13.2. The molecular weight excluding hydrogens is 422 g/mol. The second-order valence-electron chi connectivity index (χ2n) is 6.77. The van der Waals surface area contributed by atoms with Crippen LogP contribution < -0.4 is 18.9 Å². The number of benzene rings is 1. The lowest BCUT2D eigenvalue weighted by atomic mass is 10.0. The van der Waals surface area contributed by atoms with Crippen LogP contribution in [0.2, 0.25) is 0 Å². The van der Waals surface area contributed by atoms with E-state index in [9.17, 15) is 4.21 Å². The Morgan fingerprint density at radius 1 is 1.29 bits per heavy atom. The molecule has 4 aromatic rings. The number of hydrogen-bond donors (Lipinski definition) is 1. The normalized spacial score (nSPS) is 13.6. The van der Waals surface area contributed by atoms with E-state index in [4.69, 9.17) is 18.7 Å². The average molecular weight is 441 g/mol. The van der Waals surface area contributed by atoms with E-state index in [1.54, 1.807) is 12.3 Å². The zero-order chi connectivity index (χ0) is 21.4. The van der Waals surface area contributed by atoms with E-state index in [2.05, 4.69) is 20.0 Å². The van der Waals surface area contributed by atoms with Crippen molar-refractivity contribution in [3.63, 3.8) is 0 Å². The minimum atomic E-state index is -1.77. The molecule has 3 aromatic heterocycles. The van der Waals surface area contributed by atoms with Crippen molar-refractivity contribution in [2.45, 2.75) is 17.9 Å². The Labute approximate surface area is 179 Å². The van der Waals surface area contributed by atoms with Crippen molar-refractivity contribution in [3.8, 4) is 17.4 Å². The van der Waals surface area contributed by atoms with Crippen molar-refractivity contribution in [1.29, 1.82) is 0 Å². The summed E-state index contributed by atoms with van der Waals surface area (Å²) in [7, 11) is 1.17. The van der Waals surface area contributed by atoms with Gasteiger partial charge in [0.05, 0.1) is 27.4 Å². The molecule has 0 spiro atoms. The van der Waals surface area contributed by atoms with Crippen LogP contribution in [0.25, 0.3) is 11.0 Å². The quantitative estimate of drug-likeness (QED) is 0.466. The number of nitrogens with zero attached hydrogens (tertiary/aromatic N) is 4. The molecule has 1 aliphatic rings. The number of hydrogen-bond acceptors (Lipinski definition) is 8. The second-order valence-corrected chi connectivity index (χ2v) is 7.92. The van der Waals surface area contributed by atoms with Crippen molar-refractivity contribution < 1.29 is 22.9 Å². The Kier molecular flexibility index (Phi) is 4.94. The molecule has 31 heavy (non-hydrogen) atoms. The number of nitrogens with one attached hydrogen (secondary N) is 1. The van der Waals surface area contributed by atoms with Gasteiger partial charge in [0.2, 0.25) is 5.88 Å². The summed E-state index contributed by atoms with van der Waals surface area (Å²) in [5.41, 5.74) is 2.65. The first-order chi connectivity index (χ1) is 15.2. The van der Waals surface area contributed by atoms with Gasteiger partial charge in [0.25, 0.3) is 0 Å². The number of methoxy groups -OCH3 is 2. The molecule has 1 atom stereocenters. The molecule has 0 radical (unpaired) electrons. The van der Waals surface area contributed by atoms with Crippen LogP contribution in [0.5, 0.6) is 17.4 Å². The highest BCUT2D eigenvalue weighted by atomic mass is 32.2. The zero-order valence-corrected chi connectivity index (χ0v) is 17.6. The van der Waals surface area contributed by atoms with E-state index >= 15 is 0 Å². The SMILES string of the molecule is COc1ccnc(OC)c1S(=O)Nc1noc2cc(Cn3cccn3)c3c(c12)OCC3. The highest BCUT2D eigenvalue weighted by Gasteiger charge is 2.27. The predicted molar refractivity (Wildman–Crippen MR) is 112 cm³/mol. The Morgan fingerprint density at radius 2 is 2.19 bits per heavy atom. The first-order valence-electron chi connectivity index (χ1n) is 9.49. The largest absolute Gasteiger partial charge is 0.495 e. The van der Waals surface area contributed by atoms with Crippen molar-refractivity contribution in [1.82, 2.24) is 19.9 Å². The van der Waals surface area contributed by atoms with Crippen molar-refractivity contribution in [3.05, 3.63) is 47.9 Å². The lowest BCUT2D eigenvalue weighted by Gasteiger charge is -2.12. The Hall–Kier alpha value is -3.60. The summed E-state index contributed by atoms with van der Waals surface area (Å²) >= 11 is 0. The molecular formula is C20H19N5O5S. The number of anilines is 1. The molecule has 10 nitrogen and oxygen atoms in total. The maximum Gasteiger partial charge on any atom is 0.235 e. The Balaban J connectivity index is 1.54. The summed E-state index contributed by atoms with van der Waals surface area (Å²) < 4.78 is 39.9. The van der Waals surface area contributed by atoms with Gasteiger partial charge in [0.1, 0.15) is 16.9 Å². The Morgan fingerprint density at radius 3 is 2.97 bits per heavy atom. The lowest BCUT2D eigenvalue weighted by Crippen LogP contribution is -2.09. The van der Waals surface area contributed by atoms with Gasteiger partial charge in [0.15, 0.2) is 27.3 Å². The fourth-order valence-corrected chi connectivity index (χ4v) is 4.70. The van der Waals surface area contributed by atoms with Gasteiger partial charge in [-0.2, -0.15) is 5.10 Å². The topological polar surface area (TPSA) is 114 Å². The van der Waals surface area contributed by atoms with Gasteiger partial charge in [0, 0.05) is 36.6 Å². The van der Waals surface area contributed by atoms with Crippen molar-refractivity contribution in [2.75, 3.05) is 25.5 Å². The molecule has 0 saturated heterocycles. The first-order valence-corrected chi connectivity index (χ1v) is 10.6. The Bertz CT molecular complexity index is 1250. The summed E-state index contributed by atoms with van der Waals surface area (Å²) in [4.78, 5) is 4.39. The first kappa shape index (κ1) is 19.4. The number of rotatable bonds is 7. The maximum absolute atomic E-state index is 13.2. The van der Waals surface area contributed by atoms with Gasteiger partial charge in [-0.25, -0.2) is 9.19 Å². The smallest absolute Gasteiger partial charge is 0.235 e. The molecule has 160 valence electrons. The van der Waals surface area contributed by atoms with Crippen LogP contribution in [0.4, 0.5) is 5.82 Å². The van der Waals surface area contributed by atoms with E-state index in [0.717, 1.165) is 17.5 Å². The standard InChI is InChI=1S/C20H19N5O5S/c1-27-14-4-7-21-20(28-2)18(14)31(26)24-19-16-15(30-23-19)10-12(11-25-8-3-6-22-25)13-5-9-29-17(13)16/h3-4,6-8,10H,5,9,11H2,1-2H3,(H,23,24). The molecule has 1 unspecified atom stereocenters. The number of aromatic nitrogens is 4. The van der Waals surface area contributed by atoms with Crippen LogP contribution in [0.1, 0.15) is 11.1 Å². The molecule has 0 fully saturated rings. The average Bonchev–Trinajstić information content (AvgIpc) is 3.54. The van der Waals surface area contributed by atoms with E-state index in [-0.39, 0.29) is 10.8 Å². The summed E-state index contributed by atoms with van der Waals surface area (Å²) in [6, 6.07) is 5.42. The van der Waals surface area contributed by atoms with Crippen LogP contribution in [-0.2, 0) is 24.0 Å². The molecule has 1 aliphatic heterocycles. The van der Waals surface area contributed by atoms with Gasteiger partial charge < -0.3 is 18.7 Å². The van der Waals surface area contributed by atoms with Gasteiger partial charge in [-0.3, -0.25) is 9.40 Å². The van der Waals surface area contributed by atoms with E-state index < -0.39 is 11.0 Å². The van der Waals surface area contributed by atoms with Crippen molar-refractivity contribution >= 4 is 27.8 Å². The lowest BCUT2D eigenvalue weighted by molar-refractivity contribution is 0.360. The molecule has 4 heterocycles. The van der Waals surface area contributed by atoms with Gasteiger partial charge >= 0.3 is 0 Å². The molecule has 0 bridgehead atoms. The third-order valence-electron chi connectivity index (χ3n) is 5.03. The molecule has 0 amide bonds.